The quantitative estimate of drug-likeness (QED) is 0.846. The minimum Gasteiger partial charge on any atom is -0.388 e. The number of rotatable bonds is 4. The fraction of sp³-hybridized carbons (Fsp3) is 0.600. The van der Waals surface area contributed by atoms with Gasteiger partial charge >= 0.3 is 6.03 Å². The highest BCUT2D eigenvalue weighted by atomic mass is 16.5. The first-order chi connectivity index (χ1) is 13.1. The van der Waals surface area contributed by atoms with E-state index in [9.17, 15) is 14.7 Å². The highest BCUT2D eigenvalue weighted by molar-refractivity contribution is 5.97. The van der Waals surface area contributed by atoms with Gasteiger partial charge in [0.15, 0.2) is 0 Å². The Bertz CT molecular complexity index is 658. The molecule has 0 radical (unpaired) electrons. The Balaban J connectivity index is 1.67. The van der Waals surface area contributed by atoms with Gasteiger partial charge in [0.2, 0.25) is 0 Å². The van der Waals surface area contributed by atoms with Gasteiger partial charge < -0.3 is 25.0 Å². The van der Waals surface area contributed by atoms with Crippen LogP contribution in [0.5, 0.6) is 0 Å². The number of anilines is 1. The van der Waals surface area contributed by atoms with Crippen LogP contribution in [-0.2, 0) is 4.74 Å². The summed E-state index contributed by atoms with van der Waals surface area (Å²) in [5, 5.41) is 12.8. The lowest BCUT2D eigenvalue weighted by molar-refractivity contribution is 0.0761. The van der Waals surface area contributed by atoms with Crippen molar-refractivity contribution >= 4 is 17.6 Å². The first-order valence-electron chi connectivity index (χ1n) is 9.83. The Labute approximate surface area is 160 Å². The van der Waals surface area contributed by atoms with Gasteiger partial charge in [0.1, 0.15) is 0 Å². The van der Waals surface area contributed by atoms with E-state index in [-0.39, 0.29) is 24.6 Å². The Morgan fingerprint density at radius 2 is 1.96 bits per heavy atom. The van der Waals surface area contributed by atoms with Crippen molar-refractivity contribution in [3.05, 3.63) is 29.8 Å². The summed E-state index contributed by atoms with van der Waals surface area (Å²) < 4.78 is 5.26. The van der Waals surface area contributed by atoms with Crippen LogP contribution in [0.25, 0.3) is 0 Å². The number of urea groups is 1. The third kappa shape index (κ3) is 4.78. The van der Waals surface area contributed by atoms with E-state index in [0.717, 1.165) is 25.9 Å². The molecule has 2 aliphatic heterocycles. The molecule has 0 unspecified atom stereocenters. The molecule has 2 N–H and O–H groups in total. The number of benzene rings is 1. The molecule has 27 heavy (non-hydrogen) atoms. The number of carbonyl (C=O) groups is 2. The number of nitrogens with zero attached hydrogens (tertiary/aromatic N) is 2. The van der Waals surface area contributed by atoms with Crippen molar-refractivity contribution in [3.63, 3.8) is 0 Å². The molecule has 148 valence electrons. The third-order valence-corrected chi connectivity index (χ3v) is 5.28. The molecule has 3 amide bonds. The van der Waals surface area contributed by atoms with E-state index in [4.69, 9.17) is 4.74 Å². The molecular formula is C20H29N3O4. The molecule has 2 aliphatic rings. The smallest absolute Gasteiger partial charge is 0.322 e. The highest BCUT2D eigenvalue weighted by Crippen LogP contribution is 2.19. The topological polar surface area (TPSA) is 82.1 Å². The van der Waals surface area contributed by atoms with E-state index in [1.807, 2.05) is 11.8 Å². The zero-order chi connectivity index (χ0) is 19.2. The molecule has 1 aromatic carbocycles. The summed E-state index contributed by atoms with van der Waals surface area (Å²) in [6.07, 6.45) is 3.75. The maximum Gasteiger partial charge on any atom is 0.322 e. The van der Waals surface area contributed by atoms with Crippen molar-refractivity contribution in [2.45, 2.75) is 44.8 Å². The lowest BCUT2D eigenvalue weighted by Crippen LogP contribution is -2.48. The fourth-order valence-electron chi connectivity index (χ4n) is 3.74. The van der Waals surface area contributed by atoms with Crippen molar-refractivity contribution in [2.75, 3.05) is 38.2 Å². The van der Waals surface area contributed by atoms with Crippen LogP contribution in [0, 0.1) is 0 Å². The SMILES string of the molecule is CCN(C(=O)Nc1cccc(C(=O)N2CCCCCC2)c1)[C@@H]1COC[C@H]1O. The van der Waals surface area contributed by atoms with Gasteiger partial charge in [-0.25, -0.2) is 4.79 Å². The molecule has 3 rings (SSSR count). The second-order valence-electron chi connectivity index (χ2n) is 7.18. The van der Waals surface area contributed by atoms with Crippen LogP contribution in [-0.4, -0.2) is 71.8 Å². The summed E-state index contributed by atoms with van der Waals surface area (Å²) in [7, 11) is 0. The maximum atomic E-state index is 12.8. The number of hydrogen-bond donors (Lipinski definition) is 2. The van der Waals surface area contributed by atoms with E-state index < -0.39 is 6.10 Å². The van der Waals surface area contributed by atoms with Crippen molar-refractivity contribution in [1.29, 1.82) is 0 Å². The van der Waals surface area contributed by atoms with E-state index in [0.29, 0.717) is 24.4 Å². The molecule has 2 heterocycles. The zero-order valence-electron chi connectivity index (χ0n) is 15.9. The van der Waals surface area contributed by atoms with Gasteiger partial charge in [-0.3, -0.25) is 4.79 Å². The largest absolute Gasteiger partial charge is 0.388 e. The number of aliphatic hydroxyl groups excluding tert-OH is 1. The third-order valence-electron chi connectivity index (χ3n) is 5.28. The number of ether oxygens (including phenoxy) is 1. The van der Waals surface area contributed by atoms with Gasteiger partial charge in [0.25, 0.3) is 5.91 Å². The van der Waals surface area contributed by atoms with Crippen molar-refractivity contribution in [1.82, 2.24) is 9.80 Å². The van der Waals surface area contributed by atoms with E-state index in [1.165, 1.54) is 12.8 Å². The molecule has 7 heteroatoms. The van der Waals surface area contributed by atoms with Gasteiger partial charge in [-0.15, -0.1) is 0 Å². The van der Waals surface area contributed by atoms with Gasteiger partial charge in [0.05, 0.1) is 25.4 Å². The Hall–Kier alpha value is -2.12. The van der Waals surface area contributed by atoms with Crippen LogP contribution in [0.3, 0.4) is 0 Å². The summed E-state index contributed by atoms with van der Waals surface area (Å²) >= 11 is 0. The van der Waals surface area contributed by atoms with Gasteiger partial charge in [-0.2, -0.15) is 0 Å². The molecular weight excluding hydrogens is 346 g/mol. The van der Waals surface area contributed by atoms with Crippen LogP contribution < -0.4 is 5.32 Å². The van der Waals surface area contributed by atoms with Crippen LogP contribution >= 0.6 is 0 Å². The van der Waals surface area contributed by atoms with Gasteiger partial charge in [-0.1, -0.05) is 18.9 Å². The molecule has 2 atom stereocenters. The van der Waals surface area contributed by atoms with E-state index in [1.54, 1.807) is 29.2 Å². The average Bonchev–Trinajstić information content (AvgIpc) is 2.93. The minimum atomic E-state index is -0.674. The number of hydrogen-bond acceptors (Lipinski definition) is 4. The number of amides is 3. The van der Waals surface area contributed by atoms with Gasteiger partial charge in [0, 0.05) is 30.9 Å². The summed E-state index contributed by atoms with van der Waals surface area (Å²) in [6.45, 7) is 4.48. The number of carbonyl (C=O) groups excluding carboxylic acids is 2. The molecule has 7 nitrogen and oxygen atoms in total. The van der Waals surface area contributed by atoms with Crippen LogP contribution in [0.4, 0.5) is 10.5 Å². The molecule has 0 spiro atoms. The van der Waals surface area contributed by atoms with Crippen LogP contribution in [0.2, 0.25) is 0 Å². The lowest BCUT2D eigenvalue weighted by Gasteiger charge is -2.29. The van der Waals surface area contributed by atoms with Crippen molar-refractivity contribution in [3.8, 4) is 0 Å². The molecule has 2 saturated heterocycles. The Morgan fingerprint density at radius 3 is 2.59 bits per heavy atom. The fourth-order valence-corrected chi connectivity index (χ4v) is 3.74. The zero-order valence-corrected chi connectivity index (χ0v) is 15.9. The van der Waals surface area contributed by atoms with E-state index >= 15 is 0 Å². The van der Waals surface area contributed by atoms with Gasteiger partial charge in [-0.05, 0) is 38.0 Å². The normalized spacial score (nSPS) is 23.0. The minimum absolute atomic E-state index is 0.0139. The Kier molecular flexibility index (Phi) is 6.68. The molecule has 1 aromatic rings. The summed E-state index contributed by atoms with van der Waals surface area (Å²) in [5.41, 5.74) is 1.16. The molecule has 0 aliphatic carbocycles. The first-order valence-corrected chi connectivity index (χ1v) is 9.83. The number of nitrogens with one attached hydrogen (secondary N) is 1. The maximum absolute atomic E-state index is 12.8. The van der Waals surface area contributed by atoms with Crippen LogP contribution in [0.1, 0.15) is 43.0 Å². The van der Waals surface area contributed by atoms with Crippen molar-refractivity contribution in [2.24, 2.45) is 0 Å². The van der Waals surface area contributed by atoms with E-state index in [2.05, 4.69) is 5.32 Å². The van der Waals surface area contributed by atoms with Crippen LogP contribution in [0.15, 0.2) is 24.3 Å². The second-order valence-corrected chi connectivity index (χ2v) is 7.18. The number of likely N-dealkylation sites (N-methyl/N-ethyl adjacent to an activating group) is 1. The number of likely N-dealkylation sites (tertiary alicyclic amines) is 1. The second kappa shape index (κ2) is 9.19. The molecule has 0 saturated carbocycles. The summed E-state index contributed by atoms with van der Waals surface area (Å²) in [5.74, 6) is 0.0139. The molecule has 0 aromatic heterocycles. The van der Waals surface area contributed by atoms with Crippen molar-refractivity contribution < 1.29 is 19.4 Å². The standard InChI is InChI=1S/C20H29N3O4/c1-2-23(17-13-27-14-18(17)24)20(26)21-16-9-7-8-15(12-16)19(25)22-10-5-3-4-6-11-22/h7-9,12,17-18,24H,2-6,10-11,13-14H2,1H3,(H,21,26)/t17-,18-/m1/s1. The number of aliphatic hydroxyl groups is 1. The summed E-state index contributed by atoms with van der Waals surface area (Å²) in [6, 6.07) is 6.41. The Morgan fingerprint density at radius 1 is 1.22 bits per heavy atom. The molecule has 0 bridgehead atoms. The molecule has 2 fully saturated rings. The lowest BCUT2D eigenvalue weighted by atomic mass is 10.1. The predicted octanol–water partition coefficient (Wildman–Crippen LogP) is 2.32. The predicted molar refractivity (Wildman–Crippen MR) is 103 cm³/mol. The average molecular weight is 375 g/mol. The monoisotopic (exact) mass is 375 g/mol. The summed E-state index contributed by atoms with van der Waals surface area (Å²) in [4.78, 5) is 28.9. The first kappa shape index (κ1) is 19.6. The highest BCUT2D eigenvalue weighted by Gasteiger charge is 2.33.